The third-order valence-corrected chi connectivity index (χ3v) is 5.96. The molecule has 0 saturated heterocycles. The topological polar surface area (TPSA) is 61.4 Å². The number of ketones is 1. The van der Waals surface area contributed by atoms with Crippen LogP contribution in [0.4, 0.5) is 11.4 Å². The molecule has 4 nitrogen and oxygen atoms in total. The number of rotatable bonds is 1. The number of carbonyl (C=O) groups is 1. The number of phenols is 1. The Hall–Kier alpha value is -3.27. The Morgan fingerprint density at radius 1 is 0.931 bits per heavy atom. The molecule has 2 aliphatic rings. The zero-order valence-electron chi connectivity index (χ0n) is 16.6. The second-order valence-corrected chi connectivity index (χ2v) is 8.80. The molecule has 146 valence electrons. The highest BCUT2D eigenvalue weighted by Crippen LogP contribution is 2.48. The summed E-state index contributed by atoms with van der Waals surface area (Å²) in [6.45, 7) is 4.26. The van der Waals surface area contributed by atoms with Crippen LogP contribution in [0.5, 0.6) is 5.75 Å². The van der Waals surface area contributed by atoms with E-state index in [9.17, 15) is 9.90 Å². The van der Waals surface area contributed by atoms with Crippen LogP contribution in [0.15, 0.2) is 71.9 Å². The lowest BCUT2D eigenvalue weighted by molar-refractivity contribution is -0.118. The van der Waals surface area contributed by atoms with Gasteiger partial charge in [-0.05, 0) is 40.8 Å². The van der Waals surface area contributed by atoms with Crippen LogP contribution in [-0.2, 0) is 4.79 Å². The van der Waals surface area contributed by atoms with Crippen LogP contribution in [0.3, 0.4) is 0 Å². The molecule has 0 saturated carbocycles. The quantitative estimate of drug-likeness (QED) is 0.499. The van der Waals surface area contributed by atoms with E-state index in [2.05, 4.69) is 24.5 Å². The fraction of sp³-hybridized carbons (Fsp3) is 0.240. The van der Waals surface area contributed by atoms with E-state index in [0.717, 1.165) is 45.4 Å². The fourth-order valence-corrected chi connectivity index (χ4v) is 4.69. The summed E-state index contributed by atoms with van der Waals surface area (Å²) in [7, 11) is 0. The molecule has 1 atom stereocenters. The molecule has 0 unspecified atom stereocenters. The first kappa shape index (κ1) is 17.8. The SMILES string of the molecule is CC1(C)CC(=O)C2=C(C1)Nc1ccccc1N[C@@H]2c1c(O)ccc2ccccc12. The number of nitrogens with one attached hydrogen (secondary N) is 2. The van der Waals surface area contributed by atoms with Crippen molar-refractivity contribution in [3.05, 3.63) is 77.5 Å². The Balaban J connectivity index is 1.79. The van der Waals surface area contributed by atoms with Gasteiger partial charge in [0.25, 0.3) is 0 Å². The predicted octanol–water partition coefficient (Wildman–Crippen LogP) is 5.77. The third kappa shape index (κ3) is 2.96. The van der Waals surface area contributed by atoms with Crippen LogP contribution >= 0.6 is 0 Å². The normalized spacial score (nSPS) is 20.3. The van der Waals surface area contributed by atoms with Crippen molar-refractivity contribution in [1.82, 2.24) is 0 Å². The monoisotopic (exact) mass is 384 g/mol. The van der Waals surface area contributed by atoms with E-state index in [4.69, 9.17) is 0 Å². The van der Waals surface area contributed by atoms with Crippen LogP contribution in [0, 0.1) is 5.41 Å². The number of allylic oxidation sites excluding steroid dienone is 1. The molecule has 0 fully saturated rings. The lowest BCUT2D eigenvalue weighted by Gasteiger charge is -2.34. The number of fused-ring (bicyclic) bond motifs is 2. The molecule has 3 aromatic carbocycles. The van der Waals surface area contributed by atoms with Gasteiger partial charge in [-0.1, -0.05) is 56.3 Å². The average Bonchev–Trinajstić information content (AvgIpc) is 2.83. The summed E-state index contributed by atoms with van der Waals surface area (Å²) >= 11 is 0. The van der Waals surface area contributed by atoms with Crippen LogP contribution in [0.2, 0.25) is 0 Å². The third-order valence-electron chi connectivity index (χ3n) is 5.96. The Labute approximate surface area is 170 Å². The van der Waals surface area contributed by atoms with Gasteiger partial charge in [0.05, 0.1) is 17.4 Å². The Morgan fingerprint density at radius 2 is 1.66 bits per heavy atom. The molecular formula is C25H24N2O2. The highest BCUT2D eigenvalue weighted by atomic mass is 16.3. The Morgan fingerprint density at radius 3 is 2.48 bits per heavy atom. The molecule has 4 heteroatoms. The number of carbonyl (C=O) groups excluding carboxylic acids is 1. The van der Waals surface area contributed by atoms with E-state index in [1.165, 1.54) is 0 Å². The number of anilines is 2. The molecule has 1 aliphatic carbocycles. The van der Waals surface area contributed by atoms with Crippen molar-refractivity contribution >= 4 is 27.9 Å². The molecule has 0 radical (unpaired) electrons. The van der Waals surface area contributed by atoms with Crippen molar-refractivity contribution in [2.75, 3.05) is 10.6 Å². The van der Waals surface area contributed by atoms with Gasteiger partial charge < -0.3 is 15.7 Å². The number of phenolic OH excluding ortho intramolecular Hbond substituents is 1. The van der Waals surface area contributed by atoms with Crippen LogP contribution in [0.25, 0.3) is 10.8 Å². The van der Waals surface area contributed by atoms with Crippen LogP contribution in [0.1, 0.15) is 38.3 Å². The van der Waals surface area contributed by atoms with E-state index in [0.29, 0.717) is 6.42 Å². The molecule has 29 heavy (non-hydrogen) atoms. The molecule has 3 N–H and O–H groups in total. The maximum absolute atomic E-state index is 13.4. The summed E-state index contributed by atoms with van der Waals surface area (Å²) < 4.78 is 0. The first-order valence-corrected chi connectivity index (χ1v) is 10.0. The van der Waals surface area contributed by atoms with E-state index >= 15 is 0 Å². The number of hydrogen-bond acceptors (Lipinski definition) is 4. The summed E-state index contributed by atoms with van der Waals surface area (Å²) in [6, 6.07) is 19.2. The van der Waals surface area contributed by atoms with Crippen molar-refractivity contribution in [1.29, 1.82) is 0 Å². The maximum atomic E-state index is 13.4. The number of aromatic hydroxyl groups is 1. The standard InChI is InChI=1S/C25H24N2O2/c1-25(2)13-19-23(21(29)14-25)24(27-18-10-6-5-9-17(18)26-19)22-16-8-4-3-7-15(16)11-12-20(22)28/h3-12,24,26-28H,13-14H2,1-2H3/t24-/m1/s1. The van der Waals surface area contributed by atoms with Crippen molar-refractivity contribution in [2.45, 2.75) is 32.7 Å². The predicted molar refractivity (Wildman–Crippen MR) is 117 cm³/mol. The minimum atomic E-state index is -0.421. The lowest BCUT2D eigenvalue weighted by Crippen LogP contribution is -2.31. The smallest absolute Gasteiger partial charge is 0.163 e. The second kappa shape index (κ2) is 6.38. The summed E-state index contributed by atoms with van der Waals surface area (Å²) in [6.07, 6.45) is 1.28. The molecule has 0 spiro atoms. The van der Waals surface area contributed by atoms with E-state index in [-0.39, 0.29) is 16.9 Å². The highest BCUT2D eigenvalue weighted by Gasteiger charge is 2.39. The minimum absolute atomic E-state index is 0.104. The summed E-state index contributed by atoms with van der Waals surface area (Å²) in [4.78, 5) is 13.4. The van der Waals surface area contributed by atoms with Crippen molar-refractivity contribution < 1.29 is 9.90 Å². The Kier molecular flexibility index (Phi) is 3.91. The maximum Gasteiger partial charge on any atom is 0.163 e. The number of Topliss-reactive ketones (excluding diaryl/α,β-unsaturated/α-hetero) is 1. The second-order valence-electron chi connectivity index (χ2n) is 8.80. The van der Waals surface area contributed by atoms with Gasteiger partial charge in [0.2, 0.25) is 0 Å². The molecule has 1 heterocycles. The summed E-state index contributed by atoms with van der Waals surface area (Å²) in [5, 5.41) is 20.0. The molecule has 1 aliphatic heterocycles. The van der Waals surface area contributed by atoms with Gasteiger partial charge in [-0.25, -0.2) is 0 Å². The molecule has 5 rings (SSSR count). The number of benzene rings is 3. The van der Waals surface area contributed by atoms with E-state index in [1.807, 2.05) is 54.6 Å². The van der Waals surface area contributed by atoms with Crippen LogP contribution in [-0.4, -0.2) is 10.9 Å². The van der Waals surface area contributed by atoms with Gasteiger partial charge in [0, 0.05) is 23.3 Å². The van der Waals surface area contributed by atoms with Gasteiger partial charge in [0.15, 0.2) is 5.78 Å². The van der Waals surface area contributed by atoms with Crippen molar-refractivity contribution in [3.63, 3.8) is 0 Å². The van der Waals surface area contributed by atoms with Gasteiger partial charge >= 0.3 is 0 Å². The zero-order valence-corrected chi connectivity index (χ0v) is 16.6. The first-order chi connectivity index (χ1) is 13.9. The molecule has 3 aromatic rings. The number of para-hydroxylation sites is 2. The summed E-state index contributed by atoms with van der Waals surface area (Å²) in [5.74, 6) is 0.325. The fourth-order valence-electron chi connectivity index (χ4n) is 4.69. The van der Waals surface area contributed by atoms with Gasteiger partial charge in [-0.2, -0.15) is 0 Å². The summed E-state index contributed by atoms with van der Waals surface area (Å²) in [5.41, 5.74) is 4.20. The molecule has 0 aromatic heterocycles. The largest absolute Gasteiger partial charge is 0.508 e. The molecule has 0 bridgehead atoms. The molecular weight excluding hydrogens is 360 g/mol. The van der Waals surface area contributed by atoms with Gasteiger partial charge in [0.1, 0.15) is 5.75 Å². The van der Waals surface area contributed by atoms with E-state index in [1.54, 1.807) is 6.07 Å². The van der Waals surface area contributed by atoms with Crippen molar-refractivity contribution in [2.24, 2.45) is 5.41 Å². The van der Waals surface area contributed by atoms with Gasteiger partial charge in [-0.15, -0.1) is 0 Å². The molecule has 0 amide bonds. The average molecular weight is 384 g/mol. The highest BCUT2D eigenvalue weighted by molar-refractivity contribution is 6.02. The van der Waals surface area contributed by atoms with Crippen LogP contribution < -0.4 is 10.6 Å². The van der Waals surface area contributed by atoms with Crippen molar-refractivity contribution in [3.8, 4) is 5.75 Å². The Bertz CT molecular complexity index is 1180. The van der Waals surface area contributed by atoms with Gasteiger partial charge in [-0.3, -0.25) is 4.79 Å². The number of hydrogen-bond donors (Lipinski definition) is 3. The lowest BCUT2D eigenvalue weighted by atomic mass is 9.73. The first-order valence-electron chi connectivity index (χ1n) is 10.0. The zero-order chi connectivity index (χ0) is 20.2. The van der Waals surface area contributed by atoms with E-state index < -0.39 is 6.04 Å². The minimum Gasteiger partial charge on any atom is -0.508 e.